The first-order valence-electron chi connectivity index (χ1n) is 8.89. The van der Waals surface area contributed by atoms with E-state index in [1.807, 2.05) is 13.2 Å². The molecule has 1 aliphatic heterocycles. The number of nitrogens with zero attached hydrogens (tertiary/aromatic N) is 4. The van der Waals surface area contributed by atoms with Gasteiger partial charge in [-0.2, -0.15) is 5.10 Å². The molecule has 0 spiro atoms. The average molecular weight is 362 g/mol. The highest BCUT2D eigenvalue weighted by molar-refractivity contribution is 5.84. The first-order chi connectivity index (χ1) is 12.8. The van der Waals surface area contributed by atoms with Crippen molar-refractivity contribution in [2.75, 3.05) is 14.1 Å². The molecule has 2 aromatic rings. The molecule has 0 fully saturated rings. The Morgan fingerprint density at radius 2 is 1.89 bits per heavy atom. The molecule has 1 atom stereocenters. The molecule has 3 rings (SSSR count). The van der Waals surface area contributed by atoms with Crippen molar-refractivity contribution >= 4 is 5.84 Å². The van der Waals surface area contributed by atoms with Crippen LogP contribution in [-0.4, -0.2) is 40.2 Å². The molecule has 27 heavy (non-hydrogen) atoms. The van der Waals surface area contributed by atoms with Gasteiger partial charge in [-0.1, -0.05) is 36.1 Å². The molecule has 2 heterocycles. The molecule has 4 N–H and O–H groups in total. The lowest BCUT2D eigenvalue weighted by atomic mass is 9.80. The first kappa shape index (κ1) is 18.9. The minimum absolute atomic E-state index is 0.486. The van der Waals surface area contributed by atoms with E-state index in [-0.39, 0.29) is 0 Å². The van der Waals surface area contributed by atoms with E-state index in [1.165, 1.54) is 5.56 Å². The predicted molar refractivity (Wildman–Crippen MR) is 109 cm³/mol. The van der Waals surface area contributed by atoms with E-state index in [2.05, 4.69) is 65.2 Å². The minimum atomic E-state index is -0.663. The molecular formula is C21H26N6. The van der Waals surface area contributed by atoms with Crippen molar-refractivity contribution in [3.63, 3.8) is 0 Å². The fourth-order valence-corrected chi connectivity index (χ4v) is 3.17. The number of aromatic nitrogens is 2. The Labute approximate surface area is 160 Å². The lowest BCUT2D eigenvalue weighted by Crippen LogP contribution is -2.48. The van der Waals surface area contributed by atoms with Gasteiger partial charge in [-0.05, 0) is 31.6 Å². The second kappa shape index (κ2) is 7.78. The maximum atomic E-state index is 6.75. The molecule has 0 aliphatic carbocycles. The van der Waals surface area contributed by atoms with Crippen molar-refractivity contribution < 1.29 is 0 Å². The molecule has 6 nitrogen and oxygen atoms in total. The highest BCUT2D eigenvalue weighted by Crippen LogP contribution is 2.26. The number of aliphatic imine (C=N–C) groups is 1. The van der Waals surface area contributed by atoms with Crippen LogP contribution >= 0.6 is 0 Å². The summed E-state index contributed by atoms with van der Waals surface area (Å²) in [6.45, 7) is 0.912. The van der Waals surface area contributed by atoms with E-state index in [9.17, 15) is 0 Å². The molecular weight excluding hydrogens is 336 g/mol. The number of hydrogen-bond acceptors (Lipinski definition) is 5. The number of nitrogens with two attached hydrogens (primary N) is 2. The van der Waals surface area contributed by atoms with Gasteiger partial charge in [0.25, 0.3) is 0 Å². The zero-order valence-corrected chi connectivity index (χ0v) is 16.1. The molecule has 0 saturated heterocycles. The molecule has 0 bridgehead atoms. The van der Waals surface area contributed by atoms with Gasteiger partial charge < -0.3 is 16.4 Å². The van der Waals surface area contributed by atoms with Crippen LogP contribution in [-0.2, 0) is 20.0 Å². The Bertz CT molecular complexity index is 924. The number of rotatable bonds is 4. The van der Waals surface area contributed by atoms with Crippen LogP contribution in [0, 0.1) is 11.8 Å². The lowest BCUT2D eigenvalue weighted by molar-refractivity contribution is 0.402. The molecule has 1 aromatic heterocycles. The van der Waals surface area contributed by atoms with Crippen LogP contribution in [0.3, 0.4) is 0 Å². The van der Waals surface area contributed by atoms with E-state index in [0.717, 1.165) is 23.2 Å². The molecule has 0 radical (unpaired) electrons. The molecule has 1 aromatic carbocycles. The SMILES string of the molecule is CN(C)Cc1ccc(CC2(N)CC(N)=NC=C2C#Cc2cnn(C)c2)cc1. The second-order valence-corrected chi connectivity index (χ2v) is 7.38. The van der Waals surface area contributed by atoms with Gasteiger partial charge in [-0.3, -0.25) is 4.68 Å². The Balaban J connectivity index is 1.82. The van der Waals surface area contributed by atoms with Crippen LogP contribution in [0.2, 0.25) is 0 Å². The van der Waals surface area contributed by atoms with Gasteiger partial charge in [0.2, 0.25) is 0 Å². The minimum Gasteiger partial charge on any atom is -0.387 e. The Hall–Kier alpha value is -2.88. The van der Waals surface area contributed by atoms with Gasteiger partial charge in [0.15, 0.2) is 0 Å². The fourth-order valence-electron chi connectivity index (χ4n) is 3.17. The Morgan fingerprint density at radius 1 is 1.19 bits per heavy atom. The molecule has 0 amide bonds. The quantitative estimate of drug-likeness (QED) is 0.806. The average Bonchev–Trinajstić information content (AvgIpc) is 3.00. The third-order valence-electron chi connectivity index (χ3n) is 4.48. The number of benzene rings is 1. The monoisotopic (exact) mass is 362 g/mol. The summed E-state index contributed by atoms with van der Waals surface area (Å²) in [4.78, 5) is 6.38. The van der Waals surface area contributed by atoms with Crippen LogP contribution in [0.25, 0.3) is 0 Å². The maximum absolute atomic E-state index is 6.75. The molecule has 1 unspecified atom stereocenters. The number of aryl methyl sites for hydroxylation is 1. The van der Waals surface area contributed by atoms with Crippen molar-refractivity contribution in [3.8, 4) is 11.8 Å². The number of amidine groups is 1. The summed E-state index contributed by atoms with van der Waals surface area (Å²) in [6.07, 6.45) is 6.44. The largest absolute Gasteiger partial charge is 0.387 e. The topological polar surface area (TPSA) is 85.5 Å². The van der Waals surface area contributed by atoms with Crippen molar-refractivity contribution in [1.29, 1.82) is 0 Å². The highest BCUT2D eigenvalue weighted by atomic mass is 15.2. The van der Waals surface area contributed by atoms with Crippen molar-refractivity contribution in [1.82, 2.24) is 14.7 Å². The summed E-state index contributed by atoms with van der Waals surface area (Å²) < 4.78 is 1.72. The van der Waals surface area contributed by atoms with E-state index in [4.69, 9.17) is 11.5 Å². The summed E-state index contributed by atoms with van der Waals surface area (Å²) in [7, 11) is 5.99. The predicted octanol–water partition coefficient (Wildman–Crippen LogP) is 1.42. The van der Waals surface area contributed by atoms with Gasteiger partial charge in [-0.15, -0.1) is 0 Å². The molecule has 0 saturated carbocycles. The van der Waals surface area contributed by atoms with Crippen molar-refractivity contribution in [2.45, 2.75) is 24.9 Å². The molecule has 1 aliphatic rings. The van der Waals surface area contributed by atoms with Gasteiger partial charge in [0, 0.05) is 38.0 Å². The summed E-state index contributed by atoms with van der Waals surface area (Å²) in [5.74, 6) is 6.84. The van der Waals surface area contributed by atoms with Crippen molar-refractivity contribution in [2.24, 2.45) is 23.5 Å². The summed E-state index contributed by atoms with van der Waals surface area (Å²) in [6, 6.07) is 8.54. The smallest absolute Gasteiger partial charge is 0.101 e. The maximum Gasteiger partial charge on any atom is 0.101 e. The molecule has 6 heteroatoms. The lowest BCUT2D eigenvalue weighted by Gasteiger charge is -2.31. The standard InChI is InChI=1S/C21H26N6/c1-26(2)14-17-6-4-16(5-7-17)10-21(23)11-20(22)24-13-19(21)9-8-18-12-25-27(3)15-18/h4-7,12-13,15H,10-11,14,23H2,1-3H3,(H2,22,24). The van der Waals surface area contributed by atoms with E-state index in [1.54, 1.807) is 17.1 Å². The third-order valence-corrected chi connectivity index (χ3v) is 4.48. The van der Waals surface area contributed by atoms with Gasteiger partial charge in [-0.25, -0.2) is 4.99 Å². The van der Waals surface area contributed by atoms with Crippen LogP contribution in [0.1, 0.15) is 23.1 Å². The second-order valence-electron chi connectivity index (χ2n) is 7.38. The van der Waals surface area contributed by atoms with Crippen LogP contribution in [0.15, 0.2) is 53.4 Å². The highest BCUT2D eigenvalue weighted by Gasteiger charge is 2.33. The van der Waals surface area contributed by atoms with E-state index >= 15 is 0 Å². The van der Waals surface area contributed by atoms with Gasteiger partial charge >= 0.3 is 0 Å². The summed E-state index contributed by atoms with van der Waals surface area (Å²) in [5.41, 5.74) is 16.1. The Kier molecular flexibility index (Phi) is 5.45. The van der Waals surface area contributed by atoms with E-state index < -0.39 is 5.54 Å². The van der Waals surface area contributed by atoms with Crippen molar-refractivity contribution in [3.05, 3.63) is 65.1 Å². The normalized spacial score (nSPS) is 19.3. The summed E-state index contributed by atoms with van der Waals surface area (Å²) in [5, 5.41) is 4.14. The fraction of sp³-hybridized carbons (Fsp3) is 0.333. The van der Waals surface area contributed by atoms with Gasteiger partial charge in [0.05, 0.1) is 17.3 Å². The Morgan fingerprint density at radius 3 is 2.52 bits per heavy atom. The molecule has 140 valence electrons. The van der Waals surface area contributed by atoms with Gasteiger partial charge in [0.1, 0.15) is 5.84 Å². The van der Waals surface area contributed by atoms with Crippen LogP contribution < -0.4 is 11.5 Å². The summed E-state index contributed by atoms with van der Waals surface area (Å²) >= 11 is 0. The number of hydrogen-bond donors (Lipinski definition) is 2. The zero-order valence-electron chi connectivity index (χ0n) is 16.1. The third kappa shape index (κ3) is 4.85. The van der Waals surface area contributed by atoms with Crippen LogP contribution in [0.4, 0.5) is 0 Å². The van der Waals surface area contributed by atoms with E-state index in [0.29, 0.717) is 18.7 Å². The first-order valence-corrected chi connectivity index (χ1v) is 8.89. The van der Waals surface area contributed by atoms with Crippen LogP contribution in [0.5, 0.6) is 0 Å². The zero-order chi connectivity index (χ0) is 19.4.